The van der Waals surface area contributed by atoms with Crippen molar-refractivity contribution in [1.82, 2.24) is 39.2 Å². The number of hydrogen-bond acceptors (Lipinski definition) is 9. The fourth-order valence-corrected chi connectivity index (χ4v) is 6.61. The Morgan fingerprint density at radius 3 is 2.36 bits per heavy atom. The third-order valence-electron chi connectivity index (χ3n) is 9.22. The molecule has 2 saturated heterocycles. The Morgan fingerprint density at radius 1 is 0.976 bits per heavy atom. The van der Waals surface area contributed by atoms with Gasteiger partial charge in [-0.05, 0) is 69.4 Å². The van der Waals surface area contributed by atoms with E-state index in [4.69, 9.17) is 0 Å². The summed E-state index contributed by atoms with van der Waals surface area (Å²) in [4.78, 5) is 34.6. The van der Waals surface area contributed by atoms with Crippen molar-refractivity contribution in [2.24, 2.45) is 13.0 Å². The number of carbonyl (C=O) groups excluding carboxylic acids is 1. The lowest BCUT2D eigenvalue weighted by Gasteiger charge is -2.38. The predicted molar refractivity (Wildman–Crippen MR) is 161 cm³/mol. The van der Waals surface area contributed by atoms with Gasteiger partial charge in [0.1, 0.15) is 6.07 Å². The fraction of sp³-hybridized carbons (Fsp3) is 0.581. The molecule has 2 aliphatic heterocycles. The number of hydrazine groups is 1. The largest absolute Gasteiger partial charge is 0.318 e. The highest BCUT2D eigenvalue weighted by atomic mass is 16.2. The van der Waals surface area contributed by atoms with E-state index in [0.29, 0.717) is 22.5 Å². The number of nitrogens with one attached hydrogen (secondary N) is 1. The molecule has 1 amide bonds. The van der Waals surface area contributed by atoms with Crippen LogP contribution >= 0.6 is 0 Å². The Bertz CT molecular complexity index is 1410. The Kier molecular flexibility index (Phi) is 8.65. The van der Waals surface area contributed by atoms with Crippen LogP contribution in [-0.2, 0) is 13.6 Å². The molecule has 4 heterocycles. The lowest BCUT2D eigenvalue weighted by molar-refractivity contribution is 0.0732. The average Bonchev–Trinajstić information content (AvgIpc) is 3.68. The molecule has 3 fully saturated rings. The van der Waals surface area contributed by atoms with E-state index in [2.05, 4.69) is 54.3 Å². The molecule has 1 N–H and O–H groups in total. The molecule has 3 aromatic rings. The SMILES string of the molecule is CN1CCC(CN2CCN(Cc3ccc(C(=O)N(Nc4nc(C#N)nc5c4ncn5C)C4CCCC4)cc3)CC2)CC1. The number of aromatic nitrogens is 4. The first-order chi connectivity index (χ1) is 20.5. The number of piperidine rings is 1. The minimum absolute atomic E-state index is 0.0411. The van der Waals surface area contributed by atoms with Gasteiger partial charge in [-0.15, -0.1) is 0 Å². The van der Waals surface area contributed by atoms with E-state index in [1.807, 2.05) is 25.2 Å². The summed E-state index contributed by atoms with van der Waals surface area (Å²) in [5.74, 6) is 1.16. The summed E-state index contributed by atoms with van der Waals surface area (Å²) in [7, 11) is 4.05. The van der Waals surface area contributed by atoms with Crippen molar-refractivity contribution < 1.29 is 4.79 Å². The number of hydrogen-bond donors (Lipinski definition) is 1. The van der Waals surface area contributed by atoms with E-state index in [1.165, 1.54) is 38.0 Å². The van der Waals surface area contributed by atoms with E-state index >= 15 is 0 Å². The van der Waals surface area contributed by atoms with Gasteiger partial charge >= 0.3 is 0 Å². The minimum atomic E-state index is -0.0998. The smallest absolute Gasteiger partial charge is 0.272 e. The van der Waals surface area contributed by atoms with E-state index in [1.54, 1.807) is 15.9 Å². The Balaban J connectivity index is 1.09. The van der Waals surface area contributed by atoms with Crippen molar-refractivity contribution in [3.63, 3.8) is 0 Å². The second-order valence-corrected chi connectivity index (χ2v) is 12.3. The third kappa shape index (κ3) is 6.41. The van der Waals surface area contributed by atoms with E-state index < -0.39 is 0 Å². The summed E-state index contributed by atoms with van der Waals surface area (Å²) in [6, 6.07) is 10.1. The van der Waals surface area contributed by atoms with Gasteiger partial charge in [-0.2, -0.15) is 15.2 Å². The number of piperazine rings is 1. The van der Waals surface area contributed by atoms with Crippen LogP contribution in [0.3, 0.4) is 0 Å². The molecule has 11 heteroatoms. The monoisotopic (exact) mass is 570 g/mol. The zero-order valence-corrected chi connectivity index (χ0v) is 24.9. The van der Waals surface area contributed by atoms with Crippen molar-refractivity contribution in [3.05, 3.63) is 47.5 Å². The van der Waals surface area contributed by atoms with Gasteiger partial charge in [0.25, 0.3) is 5.91 Å². The number of amides is 1. The van der Waals surface area contributed by atoms with Crippen molar-refractivity contribution >= 4 is 22.9 Å². The van der Waals surface area contributed by atoms with Gasteiger partial charge in [-0.25, -0.2) is 9.99 Å². The molecule has 3 aliphatic rings. The van der Waals surface area contributed by atoms with Gasteiger partial charge in [-0.1, -0.05) is 25.0 Å². The van der Waals surface area contributed by atoms with Crippen LogP contribution in [0, 0.1) is 17.2 Å². The van der Waals surface area contributed by atoms with Gasteiger partial charge in [-0.3, -0.25) is 15.1 Å². The van der Waals surface area contributed by atoms with Gasteiger partial charge in [0.05, 0.1) is 12.4 Å². The first kappa shape index (κ1) is 28.5. The summed E-state index contributed by atoms with van der Waals surface area (Å²) in [6.07, 6.45) is 8.27. The van der Waals surface area contributed by atoms with Gasteiger partial charge < -0.3 is 14.4 Å². The predicted octanol–water partition coefficient (Wildman–Crippen LogP) is 3.11. The summed E-state index contributed by atoms with van der Waals surface area (Å²) in [5, 5.41) is 11.2. The van der Waals surface area contributed by atoms with Gasteiger partial charge in [0.15, 0.2) is 17.0 Å². The fourth-order valence-electron chi connectivity index (χ4n) is 6.61. The molecule has 0 spiro atoms. The maximum absolute atomic E-state index is 13.9. The number of fused-ring (bicyclic) bond motifs is 1. The van der Waals surface area contributed by atoms with E-state index in [9.17, 15) is 10.1 Å². The molecular formula is C31H42N10O. The number of benzene rings is 1. The number of nitriles is 1. The quantitative estimate of drug-likeness (QED) is 0.409. The number of carbonyl (C=O) groups is 1. The Hall–Kier alpha value is -3.59. The summed E-state index contributed by atoms with van der Waals surface area (Å²) in [5.41, 5.74) is 6.20. The lowest BCUT2D eigenvalue weighted by Crippen LogP contribution is -2.48. The Labute approximate surface area is 248 Å². The average molecular weight is 571 g/mol. The number of rotatable bonds is 8. The van der Waals surface area contributed by atoms with Crippen molar-refractivity contribution in [2.75, 3.05) is 58.3 Å². The van der Waals surface area contributed by atoms with Crippen molar-refractivity contribution in [2.45, 2.75) is 51.1 Å². The van der Waals surface area contributed by atoms with Gasteiger partial charge in [0, 0.05) is 51.9 Å². The van der Waals surface area contributed by atoms with Crippen LogP contribution in [0.4, 0.5) is 5.82 Å². The zero-order valence-electron chi connectivity index (χ0n) is 24.9. The molecule has 0 bridgehead atoms. The standard InChI is InChI=1S/C31H42N10O/c1-37-13-11-24(12-14-37)21-40-17-15-39(16-18-40)20-23-7-9-25(10-8-23)31(42)41(26-5-3-4-6-26)36-29-28-30(38(2)22-33-28)35-27(19-32)34-29/h7-10,22,24,26H,3-6,11-18,20-21H2,1-2H3,(H,34,35,36). The first-order valence-corrected chi connectivity index (χ1v) is 15.4. The molecule has 0 radical (unpaired) electrons. The van der Waals surface area contributed by atoms with Crippen molar-refractivity contribution in [3.8, 4) is 6.07 Å². The second-order valence-electron chi connectivity index (χ2n) is 12.3. The third-order valence-corrected chi connectivity index (χ3v) is 9.22. The molecule has 42 heavy (non-hydrogen) atoms. The number of nitrogens with zero attached hydrogens (tertiary/aromatic N) is 9. The molecule has 11 nitrogen and oxygen atoms in total. The second kappa shape index (κ2) is 12.7. The van der Waals surface area contributed by atoms with Crippen LogP contribution in [0.1, 0.15) is 60.3 Å². The van der Waals surface area contributed by atoms with Crippen LogP contribution in [0.5, 0.6) is 0 Å². The maximum atomic E-state index is 13.9. The molecule has 1 saturated carbocycles. The molecule has 0 unspecified atom stereocenters. The lowest BCUT2D eigenvalue weighted by atomic mass is 9.96. The summed E-state index contributed by atoms with van der Waals surface area (Å²) in [6.45, 7) is 9.02. The molecule has 1 aromatic carbocycles. The van der Waals surface area contributed by atoms with Crippen LogP contribution < -0.4 is 5.43 Å². The van der Waals surface area contributed by atoms with Crippen LogP contribution in [0.15, 0.2) is 30.6 Å². The summed E-state index contributed by atoms with van der Waals surface area (Å²) >= 11 is 0. The van der Waals surface area contributed by atoms with Crippen molar-refractivity contribution in [1.29, 1.82) is 5.26 Å². The topological polar surface area (TPSA) is 109 Å². The van der Waals surface area contributed by atoms with E-state index in [0.717, 1.165) is 64.3 Å². The van der Waals surface area contributed by atoms with Crippen LogP contribution in [0.2, 0.25) is 0 Å². The minimum Gasteiger partial charge on any atom is -0.318 e. The molecule has 0 atom stereocenters. The molecular weight excluding hydrogens is 528 g/mol. The van der Waals surface area contributed by atoms with E-state index in [-0.39, 0.29) is 17.8 Å². The highest BCUT2D eigenvalue weighted by Crippen LogP contribution is 2.27. The number of imidazole rings is 1. The van der Waals surface area contributed by atoms with Crippen LogP contribution in [-0.4, -0.2) is 104 Å². The van der Waals surface area contributed by atoms with Crippen LogP contribution in [0.25, 0.3) is 11.2 Å². The first-order valence-electron chi connectivity index (χ1n) is 15.4. The van der Waals surface area contributed by atoms with Gasteiger partial charge in [0.2, 0.25) is 5.82 Å². The molecule has 222 valence electrons. The summed E-state index contributed by atoms with van der Waals surface area (Å²) < 4.78 is 1.75. The number of aryl methyl sites for hydroxylation is 1. The molecule has 2 aromatic heterocycles. The highest BCUT2D eigenvalue weighted by molar-refractivity contribution is 5.96. The molecule has 6 rings (SSSR count). The number of likely N-dealkylation sites (tertiary alicyclic amines) is 1. The maximum Gasteiger partial charge on any atom is 0.272 e. The normalized spacial score (nSPS) is 19.7. The molecule has 1 aliphatic carbocycles. The Morgan fingerprint density at radius 2 is 1.67 bits per heavy atom. The highest BCUT2D eigenvalue weighted by Gasteiger charge is 2.30. The number of anilines is 1. The zero-order chi connectivity index (χ0) is 29.1.